The molecule has 1 aromatic carbocycles. The van der Waals surface area contributed by atoms with Crippen LogP contribution in [0.15, 0.2) is 22.7 Å². The Bertz CT molecular complexity index is 455. The third-order valence-corrected chi connectivity index (χ3v) is 5.28. The molecule has 0 radical (unpaired) electrons. The highest BCUT2D eigenvalue weighted by molar-refractivity contribution is 9.10. The van der Waals surface area contributed by atoms with Crippen LogP contribution in [-0.2, 0) is 0 Å². The molecule has 0 unspecified atom stereocenters. The van der Waals surface area contributed by atoms with E-state index in [2.05, 4.69) is 31.9 Å². The summed E-state index contributed by atoms with van der Waals surface area (Å²) < 4.78 is 0.911. The van der Waals surface area contributed by atoms with Crippen molar-refractivity contribution in [1.82, 2.24) is 4.90 Å². The zero-order valence-electron chi connectivity index (χ0n) is 10.6. The highest BCUT2D eigenvalue weighted by Gasteiger charge is 2.29. The van der Waals surface area contributed by atoms with Crippen molar-refractivity contribution in [2.24, 2.45) is 5.92 Å². The molecule has 0 atom stereocenters. The molecule has 0 aliphatic heterocycles. The van der Waals surface area contributed by atoms with Gasteiger partial charge in [-0.15, -0.1) is 0 Å². The molecule has 2 rings (SSSR count). The fraction of sp³-hybridized carbons (Fsp3) is 0.500. The minimum absolute atomic E-state index is 0.101. The van der Waals surface area contributed by atoms with Gasteiger partial charge in [0.05, 0.1) is 5.56 Å². The molecule has 0 heterocycles. The molecule has 2 nitrogen and oxygen atoms in total. The summed E-state index contributed by atoms with van der Waals surface area (Å²) in [7, 11) is 1.89. The van der Waals surface area contributed by atoms with Gasteiger partial charge < -0.3 is 4.90 Å². The number of amides is 1. The lowest BCUT2D eigenvalue weighted by Gasteiger charge is -2.34. The van der Waals surface area contributed by atoms with E-state index < -0.39 is 0 Å². The summed E-state index contributed by atoms with van der Waals surface area (Å²) in [6.45, 7) is 2.85. The first-order valence-electron chi connectivity index (χ1n) is 6.13. The number of benzene rings is 1. The molecule has 98 valence electrons. The van der Waals surface area contributed by atoms with Crippen molar-refractivity contribution in [1.29, 1.82) is 0 Å². The molecular weight excluding hydrogens is 358 g/mol. The highest BCUT2D eigenvalue weighted by atomic mass is 79.9. The Morgan fingerprint density at radius 1 is 1.44 bits per heavy atom. The second kappa shape index (κ2) is 5.74. The Morgan fingerprint density at radius 3 is 2.72 bits per heavy atom. The maximum atomic E-state index is 12.4. The number of rotatable bonds is 3. The first kappa shape index (κ1) is 14.1. The van der Waals surface area contributed by atoms with E-state index in [1.165, 1.54) is 12.8 Å². The monoisotopic (exact) mass is 373 g/mol. The minimum atomic E-state index is 0.101. The highest BCUT2D eigenvalue weighted by Crippen LogP contribution is 2.34. The Labute approximate surface area is 125 Å². The van der Waals surface area contributed by atoms with Crippen molar-refractivity contribution in [2.45, 2.75) is 24.6 Å². The van der Waals surface area contributed by atoms with Crippen LogP contribution in [-0.4, -0.2) is 29.2 Å². The van der Waals surface area contributed by atoms with Crippen molar-refractivity contribution >= 4 is 37.8 Å². The number of aryl methyl sites for hydroxylation is 1. The molecule has 1 fully saturated rings. The average molecular weight is 375 g/mol. The minimum Gasteiger partial charge on any atom is -0.341 e. The van der Waals surface area contributed by atoms with Crippen molar-refractivity contribution < 1.29 is 4.79 Å². The molecule has 1 aromatic rings. The van der Waals surface area contributed by atoms with Crippen LogP contribution in [0.4, 0.5) is 0 Å². The lowest BCUT2D eigenvalue weighted by atomic mass is 9.85. The largest absolute Gasteiger partial charge is 0.341 e. The first-order chi connectivity index (χ1) is 8.49. The van der Waals surface area contributed by atoms with Crippen LogP contribution in [0.25, 0.3) is 0 Å². The van der Waals surface area contributed by atoms with E-state index in [1.807, 2.05) is 37.1 Å². The zero-order valence-corrected chi connectivity index (χ0v) is 13.8. The second-order valence-electron chi connectivity index (χ2n) is 5.06. The van der Waals surface area contributed by atoms with E-state index in [0.29, 0.717) is 10.7 Å². The van der Waals surface area contributed by atoms with Gasteiger partial charge in [-0.1, -0.05) is 28.1 Å². The van der Waals surface area contributed by atoms with Crippen LogP contribution in [0.3, 0.4) is 0 Å². The summed E-state index contributed by atoms with van der Waals surface area (Å²) in [5.41, 5.74) is 1.85. The number of hydrogen-bond acceptors (Lipinski definition) is 1. The lowest BCUT2D eigenvalue weighted by Crippen LogP contribution is -2.37. The van der Waals surface area contributed by atoms with Gasteiger partial charge in [0.2, 0.25) is 0 Å². The summed E-state index contributed by atoms with van der Waals surface area (Å²) in [5.74, 6) is 0.746. The molecule has 0 N–H and O–H groups in total. The molecule has 18 heavy (non-hydrogen) atoms. The standard InChI is InChI=1S/C14H17Br2NO/c1-9-4-3-5-12(13(9)16)14(18)17(2)8-10-6-11(15)7-10/h3-5,10-11H,6-8H2,1-2H3. The van der Waals surface area contributed by atoms with Crippen molar-refractivity contribution in [2.75, 3.05) is 13.6 Å². The quantitative estimate of drug-likeness (QED) is 0.732. The van der Waals surface area contributed by atoms with E-state index in [1.54, 1.807) is 0 Å². The number of carbonyl (C=O) groups excluding carboxylic acids is 1. The molecule has 0 saturated heterocycles. The van der Waals surface area contributed by atoms with Crippen LogP contribution < -0.4 is 0 Å². The summed E-state index contributed by atoms with van der Waals surface area (Å²) in [4.78, 5) is 14.8. The zero-order chi connectivity index (χ0) is 13.3. The molecule has 1 amide bonds. The van der Waals surface area contributed by atoms with Gasteiger partial charge in [-0.05, 0) is 53.2 Å². The number of nitrogens with zero attached hydrogens (tertiary/aromatic N) is 1. The van der Waals surface area contributed by atoms with E-state index in [9.17, 15) is 4.79 Å². The number of hydrogen-bond donors (Lipinski definition) is 0. The molecule has 1 aliphatic carbocycles. The fourth-order valence-corrected chi connectivity index (χ4v) is 3.78. The lowest BCUT2D eigenvalue weighted by molar-refractivity contribution is 0.0748. The molecule has 4 heteroatoms. The second-order valence-corrected chi connectivity index (χ2v) is 7.14. The average Bonchev–Trinajstić information content (AvgIpc) is 2.30. The van der Waals surface area contributed by atoms with Crippen LogP contribution in [0.1, 0.15) is 28.8 Å². The number of alkyl halides is 1. The predicted octanol–water partition coefficient (Wildman–Crippen LogP) is 4.00. The summed E-state index contributed by atoms with van der Waals surface area (Å²) in [6, 6.07) is 5.81. The fourth-order valence-electron chi connectivity index (χ4n) is 2.29. The SMILES string of the molecule is Cc1cccc(C(=O)N(C)CC2CC(Br)C2)c1Br. The Balaban J connectivity index is 2.04. The van der Waals surface area contributed by atoms with Gasteiger partial charge in [0.1, 0.15) is 0 Å². The summed E-state index contributed by atoms with van der Waals surface area (Å²) >= 11 is 7.08. The van der Waals surface area contributed by atoms with Crippen LogP contribution >= 0.6 is 31.9 Å². The predicted molar refractivity (Wildman–Crippen MR) is 81.3 cm³/mol. The van der Waals surface area contributed by atoms with Gasteiger partial charge in [-0.2, -0.15) is 0 Å². The maximum absolute atomic E-state index is 12.4. The summed E-state index contributed by atoms with van der Waals surface area (Å²) in [6.07, 6.45) is 2.35. The first-order valence-corrected chi connectivity index (χ1v) is 7.84. The van der Waals surface area contributed by atoms with E-state index in [-0.39, 0.29) is 5.91 Å². The summed E-state index contributed by atoms with van der Waals surface area (Å²) in [5, 5.41) is 0. The van der Waals surface area contributed by atoms with Crippen molar-refractivity contribution in [3.05, 3.63) is 33.8 Å². The van der Waals surface area contributed by atoms with E-state index in [4.69, 9.17) is 0 Å². The third kappa shape index (κ3) is 2.97. The van der Waals surface area contributed by atoms with Crippen molar-refractivity contribution in [3.63, 3.8) is 0 Å². The third-order valence-electron chi connectivity index (χ3n) is 3.48. The molecule has 0 spiro atoms. The van der Waals surface area contributed by atoms with Gasteiger partial charge in [-0.25, -0.2) is 0 Å². The molecule has 0 bridgehead atoms. The number of carbonyl (C=O) groups is 1. The molecular formula is C14H17Br2NO. The van der Waals surface area contributed by atoms with Crippen LogP contribution in [0, 0.1) is 12.8 Å². The van der Waals surface area contributed by atoms with Gasteiger partial charge >= 0.3 is 0 Å². The Morgan fingerprint density at radius 2 is 2.11 bits per heavy atom. The van der Waals surface area contributed by atoms with Crippen molar-refractivity contribution in [3.8, 4) is 0 Å². The van der Waals surface area contributed by atoms with E-state index in [0.717, 1.165) is 22.1 Å². The molecule has 1 aliphatic rings. The Hall–Kier alpha value is -0.350. The van der Waals surface area contributed by atoms with Gasteiger partial charge in [0, 0.05) is 22.9 Å². The van der Waals surface area contributed by atoms with E-state index >= 15 is 0 Å². The van der Waals surface area contributed by atoms with Gasteiger partial charge in [-0.3, -0.25) is 4.79 Å². The number of halogens is 2. The smallest absolute Gasteiger partial charge is 0.254 e. The van der Waals surface area contributed by atoms with Crippen LogP contribution in [0.5, 0.6) is 0 Å². The van der Waals surface area contributed by atoms with Crippen LogP contribution in [0.2, 0.25) is 0 Å². The topological polar surface area (TPSA) is 20.3 Å². The normalized spacial score (nSPS) is 22.4. The maximum Gasteiger partial charge on any atom is 0.254 e. The van der Waals surface area contributed by atoms with Gasteiger partial charge in [0.15, 0.2) is 0 Å². The molecule has 0 aromatic heterocycles. The Kier molecular flexibility index (Phi) is 4.49. The molecule has 1 saturated carbocycles. The van der Waals surface area contributed by atoms with Gasteiger partial charge in [0.25, 0.3) is 5.91 Å².